The average Bonchev–Trinajstić information content (AvgIpc) is 2.40. The van der Waals surface area contributed by atoms with Crippen LogP contribution in [-0.4, -0.2) is 12.1 Å². The highest BCUT2D eigenvalue weighted by molar-refractivity contribution is 5.70. The molecule has 18 heavy (non-hydrogen) atoms. The van der Waals surface area contributed by atoms with Gasteiger partial charge in [-0.3, -0.25) is 0 Å². The van der Waals surface area contributed by atoms with Crippen LogP contribution in [0.5, 0.6) is 5.75 Å². The number of nitrogens with zero attached hydrogens (tertiary/aromatic N) is 1. The lowest BCUT2D eigenvalue weighted by atomic mass is 9.96. The molecular formula is C14H16N2O2. The van der Waals surface area contributed by atoms with Crippen LogP contribution in [0.4, 0.5) is 4.79 Å². The molecule has 0 heterocycles. The monoisotopic (exact) mass is 244 g/mol. The van der Waals surface area contributed by atoms with Gasteiger partial charge in [-0.05, 0) is 37.1 Å². The highest BCUT2D eigenvalue weighted by Crippen LogP contribution is 2.18. The molecule has 1 fully saturated rings. The minimum absolute atomic E-state index is 0.240. The molecular weight excluding hydrogens is 228 g/mol. The Hall–Kier alpha value is -2.02. The molecule has 0 aromatic heterocycles. The molecule has 0 aliphatic heterocycles. The van der Waals surface area contributed by atoms with Gasteiger partial charge in [-0.25, -0.2) is 4.79 Å². The van der Waals surface area contributed by atoms with Crippen molar-refractivity contribution in [3.8, 4) is 11.8 Å². The summed E-state index contributed by atoms with van der Waals surface area (Å²) in [6.07, 6.45) is 5.24. The van der Waals surface area contributed by atoms with Gasteiger partial charge in [-0.2, -0.15) is 5.26 Å². The van der Waals surface area contributed by atoms with Gasteiger partial charge in [0.1, 0.15) is 5.75 Å². The Morgan fingerprint density at radius 3 is 2.50 bits per heavy atom. The Morgan fingerprint density at radius 2 is 1.89 bits per heavy atom. The van der Waals surface area contributed by atoms with Crippen molar-refractivity contribution in [2.75, 3.05) is 0 Å². The molecule has 0 unspecified atom stereocenters. The molecule has 0 radical (unpaired) electrons. The summed E-state index contributed by atoms with van der Waals surface area (Å²) in [7, 11) is 0. The van der Waals surface area contributed by atoms with E-state index in [0.717, 1.165) is 12.8 Å². The fourth-order valence-corrected chi connectivity index (χ4v) is 2.15. The van der Waals surface area contributed by atoms with E-state index in [2.05, 4.69) is 5.32 Å². The highest BCUT2D eigenvalue weighted by atomic mass is 16.6. The van der Waals surface area contributed by atoms with Gasteiger partial charge >= 0.3 is 6.09 Å². The molecule has 1 aliphatic carbocycles. The number of ether oxygens (including phenoxy) is 1. The van der Waals surface area contributed by atoms with Crippen LogP contribution in [0.2, 0.25) is 0 Å². The van der Waals surface area contributed by atoms with Crippen molar-refractivity contribution in [2.45, 2.75) is 38.1 Å². The molecule has 4 nitrogen and oxygen atoms in total. The first-order valence-corrected chi connectivity index (χ1v) is 6.26. The number of benzene rings is 1. The van der Waals surface area contributed by atoms with E-state index in [9.17, 15) is 4.79 Å². The molecule has 0 spiro atoms. The number of hydrogen-bond donors (Lipinski definition) is 1. The second-order valence-electron chi connectivity index (χ2n) is 4.50. The van der Waals surface area contributed by atoms with Crippen molar-refractivity contribution in [3.05, 3.63) is 29.8 Å². The Balaban J connectivity index is 1.84. The number of nitriles is 1. The summed E-state index contributed by atoms with van der Waals surface area (Å²) in [6.45, 7) is 0. The zero-order chi connectivity index (χ0) is 12.8. The zero-order valence-electron chi connectivity index (χ0n) is 10.2. The maximum atomic E-state index is 11.6. The first-order valence-electron chi connectivity index (χ1n) is 6.26. The predicted molar refractivity (Wildman–Crippen MR) is 67.2 cm³/mol. The van der Waals surface area contributed by atoms with Crippen molar-refractivity contribution < 1.29 is 9.53 Å². The van der Waals surface area contributed by atoms with Crippen LogP contribution in [0.1, 0.15) is 37.7 Å². The van der Waals surface area contributed by atoms with E-state index in [1.807, 2.05) is 6.07 Å². The minimum Gasteiger partial charge on any atom is -0.410 e. The maximum Gasteiger partial charge on any atom is 0.412 e. The van der Waals surface area contributed by atoms with E-state index in [-0.39, 0.29) is 6.04 Å². The molecule has 1 aromatic rings. The van der Waals surface area contributed by atoms with Crippen molar-refractivity contribution in [2.24, 2.45) is 0 Å². The molecule has 1 saturated carbocycles. The Labute approximate surface area is 107 Å². The fourth-order valence-electron chi connectivity index (χ4n) is 2.15. The molecule has 0 saturated heterocycles. The normalized spacial score (nSPS) is 15.7. The summed E-state index contributed by atoms with van der Waals surface area (Å²) in [5, 5.41) is 11.5. The molecule has 1 amide bonds. The van der Waals surface area contributed by atoms with Crippen molar-refractivity contribution >= 4 is 6.09 Å². The molecule has 2 rings (SSSR count). The third kappa shape index (κ3) is 3.49. The standard InChI is InChI=1S/C14H16N2O2/c15-10-11-6-8-13(9-7-11)18-14(17)16-12-4-2-1-3-5-12/h6-9,12H,1-5H2,(H,16,17). The lowest BCUT2D eigenvalue weighted by molar-refractivity contribution is 0.192. The van der Waals surface area contributed by atoms with Gasteiger partial charge in [0.15, 0.2) is 0 Å². The lowest BCUT2D eigenvalue weighted by Crippen LogP contribution is -2.37. The molecule has 94 valence electrons. The van der Waals surface area contributed by atoms with Crippen LogP contribution >= 0.6 is 0 Å². The predicted octanol–water partition coefficient (Wildman–Crippen LogP) is 2.98. The number of amides is 1. The summed E-state index contributed by atoms with van der Waals surface area (Å²) < 4.78 is 5.16. The van der Waals surface area contributed by atoms with Crippen LogP contribution in [-0.2, 0) is 0 Å². The smallest absolute Gasteiger partial charge is 0.410 e. The Bertz CT molecular complexity index is 442. The fraction of sp³-hybridized carbons (Fsp3) is 0.429. The van der Waals surface area contributed by atoms with Gasteiger partial charge in [0.25, 0.3) is 0 Å². The summed E-state index contributed by atoms with van der Waals surface area (Å²) in [5.74, 6) is 0.460. The second kappa shape index (κ2) is 6.06. The van der Waals surface area contributed by atoms with Crippen LogP contribution in [0.15, 0.2) is 24.3 Å². The van der Waals surface area contributed by atoms with E-state index < -0.39 is 6.09 Å². The SMILES string of the molecule is N#Cc1ccc(OC(=O)NC2CCCCC2)cc1. The van der Waals surface area contributed by atoms with Gasteiger partial charge in [0, 0.05) is 6.04 Å². The second-order valence-corrected chi connectivity index (χ2v) is 4.50. The third-order valence-electron chi connectivity index (χ3n) is 3.12. The third-order valence-corrected chi connectivity index (χ3v) is 3.12. The first kappa shape index (κ1) is 12.4. The van der Waals surface area contributed by atoms with Gasteiger partial charge in [-0.15, -0.1) is 0 Å². The van der Waals surface area contributed by atoms with Gasteiger partial charge in [0.05, 0.1) is 11.6 Å². The number of rotatable bonds is 2. The average molecular weight is 244 g/mol. The Morgan fingerprint density at radius 1 is 1.22 bits per heavy atom. The highest BCUT2D eigenvalue weighted by Gasteiger charge is 2.16. The van der Waals surface area contributed by atoms with Crippen LogP contribution < -0.4 is 10.1 Å². The van der Waals surface area contributed by atoms with Gasteiger partial charge in [0.2, 0.25) is 0 Å². The number of hydrogen-bond acceptors (Lipinski definition) is 3. The maximum absolute atomic E-state index is 11.6. The summed E-state index contributed by atoms with van der Waals surface area (Å²) in [5.41, 5.74) is 0.551. The minimum atomic E-state index is -0.411. The van der Waals surface area contributed by atoms with E-state index in [1.165, 1.54) is 19.3 Å². The van der Waals surface area contributed by atoms with E-state index >= 15 is 0 Å². The van der Waals surface area contributed by atoms with E-state index in [0.29, 0.717) is 11.3 Å². The largest absolute Gasteiger partial charge is 0.412 e. The summed E-state index contributed by atoms with van der Waals surface area (Å²) >= 11 is 0. The summed E-state index contributed by atoms with van der Waals surface area (Å²) in [6, 6.07) is 8.76. The molecule has 4 heteroatoms. The topological polar surface area (TPSA) is 62.1 Å². The lowest BCUT2D eigenvalue weighted by Gasteiger charge is -2.22. The molecule has 0 atom stereocenters. The van der Waals surface area contributed by atoms with Crippen LogP contribution in [0.25, 0.3) is 0 Å². The van der Waals surface area contributed by atoms with Crippen LogP contribution in [0, 0.1) is 11.3 Å². The quantitative estimate of drug-likeness (QED) is 0.869. The van der Waals surface area contributed by atoms with E-state index in [1.54, 1.807) is 24.3 Å². The molecule has 1 aliphatic rings. The van der Waals surface area contributed by atoms with Crippen LogP contribution in [0.3, 0.4) is 0 Å². The van der Waals surface area contributed by atoms with Crippen molar-refractivity contribution in [1.29, 1.82) is 5.26 Å². The first-order chi connectivity index (χ1) is 8.78. The zero-order valence-corrected chi connectivity index (χ0v) is 10.2. The Kier molecular flexibility index (Phi) is 4.19. The number of carbonyl (C=O) groups excluding carboxylic acids is 1. The van der Waals surface area contributed by atoms with Gasteiger partial charge in [-0.1, -0.05) is 19.3 Å². The van der Waals surface area contributed by atoms with Gasteiger partial charge < -0.3 is 10.1 Å². The molecule has 0 bridgehead atoms. The molecule has 1 N–H and O–H groups in total. The van der Waals surface area contributed by atoms with Crippen molar-refractivity contribution in [3.63, 3.8) is 0 Å². The number of carbonyl (C=O) groups is 1. The van der Waals surface area contributed by atoms with E-state index in [4.69, 9.17) is 10.00 Å². The van der Waals surface area contributed by atoms with Crippen molar-refractivity contribution in [1.82, 2.24) is 5.32 Å². The summed E-state index contributed by atoms with van der Waals surface area (Å²) in [4.78, 5) is 11.6. The molecule has 1 aromatic carbocycles. The number of nitrogens with one attached hydrogen (secondary N) is 1.